The summed E-state index contributed by atoms with van der Waals surface area (Å²) in [7, 11) is -0.324. The molecule has 0 aliphatic rings. The molecule has 0 aliphatic heterocycles. The van der Waals surface area contributed by atoms with Crippen LogP contribution in [0.25, 0.3) is 10.8 Å². The lowest BCUT2D eigenvalue weighted by Gasteiger charge is -2.36. The van der Waals surface area contributed by atoms with E-state index in [1.807, 2.05) is 25.1 Å². The minimum absolute atomic E-state index is 0.101. The second kappa shape index (κ2) is 7.90. The van der Waals surface area contributed by atoms with Gasteiger partial charge in [0.2, 0.25) is 0 Å². The number of hydrogen-bond donors (Lipinski definition) is 0. The highest BCUT2D eigenvalue weighted by atomic mass is 28.4. The Morgan fingerprint density at radius 1 is 1.19 bits per heavy atom. The predicted octanol–water partition coefficient (Wildman–Crippen LogP) is 5.47. The summed E-state index contributed by atoms with van der Waals surface area (Å²) in [5.41, 5.74) is 2.60. The third-order valence-corrected chi connectivity index (χ3v) is 9.76. The molecule has 2 aromatic rings. The SMILES string of the molecule is COCOc1c(C=O)cc(CO[Si](C)(C)C(C)(C)C)c2cccc(C)c12. The Morgan fingerprint density at radius 2 is 1.88 bits per heavy atom. The van der Waals surface area contributed by atoms with E-state index in [0.29, 0.717) is 17.9 Å². The van der Waals surface area contributed by atoms with Crippen LogP contribution in [0.1, 0.15) is 42.3 Å². The molecule has 0 aliphatic carbocycles. The normalized spacial score (nSPS) is 12.4. The van der Waals surface area contributed by atoms with Gasteiger partial charge in [-0.15, -0.1) is 0 Å². The zero-order valence-corrected chi connectivity index (χ0v) is 17.9. The lowest BCUT2D eigenvalue weighted by atomic mass is 9.97. The fourth-order valence-electron chi connectivity index (χ4n) is 2.67. The van der Waals surface area contributed by atoms with E-state index in [1.54, 1.807) is 7.11 Å². The third-order valence-electron chi connectivity index (χ3n) is 5.28. The second-order valence-electron chi connectivity index (χ2n) is 8.17. The molecule has 2 aromatic carbocycles. The minimum atomic E-state index is -1.89. The highest BCUT2D eigenvalue weighted by Crippen LogP contribution is 2.39. The monoisotopic (exact) mass is 374 g/mol. The molecule has 0 fully saturated rings. The van der Waals surface area contributed by atoms with E-state index in [9.17, 15) is 4.79 Å². The van der Waals surface area contributed by atoms with Gasteiger partial charge in [0, 0.05) is 12.5 Å². The number of benzene rings is 2. The lowest BCUT2D eigenvalue weighted by Crippen LogP contribution is -2.40. The summed E-state index contributed by atoms with van der Waals surface area (Å²) in [4.78, 5) is 11.7. The van der Waals surface area contributed by atoms with Crippen LogP contribution >= 0.6 is 0 Å². The van der Waals surface area contributed by atoms with E-state index in [1.165, 1.54) is 0 Å². The summed E-state index contributed by atoms with van der Waals surface area (Å²) in [6.45, 7) is 13.7. The summed E-state index contributed by atoms with van der Waals surface area (Å²) >= 11 is 0. The molecule has 0 unspecified atom stereocenters. The molecule has 2 rings (SSSR count). The van der Waals surface area contributed by atoms with Gasteiger partial charge < -0.3 is 13.9 Å². The summed E-state index contributed by atoms with van der Waals surface area (Å²) in [5.74, 6) is 0.575. The second-order valence-corrected chi connectivity index (χ2v) is 13.0. The smallest absolute Gasteiger partial charge is 0.192 e. The number of fused-ring (bicyclic) bond motifs is 1. The molecule has 0 saturated heterocycles. The first-order valence-electron chi connectivity index (χ1n) is 8.88. The average molecular weight is 375 g/mol. The van der Waals surface area contributed by atoms with Gasteiger partial charge in [0.05, 0.1) is 12.2 Å². The number of methoxy groups -OCH3 is 1. The molecule has 0 N–H and O–H groups in total. The van der Waals surface area contributed by atoms with E-state index in [-0.39, 0.29) is 11.8 Å². The Balaban J connectivity index is 2.54. The maximum Gasteiger partial charge on any atom is 0.192 e. The van der Waals surface area contributed by atoms with Crippen LogP contribution in [-0.2, 0) is 15.8 Å². The van der Waals surface area contributed by atoms with Crippen molar-refractivity contribution in [3.63, 3.8) is 0 Å². The molecule has 26 heavy (non-hydrogen) atoms. The standard InChI is InChI=1S/C21H30O4Si/c1-15-9-8-10-18-17(13-25-26(6,7)21(2,3)4)11-16(12-22)20(19(15)18)24-14-23-5/h8-12H,13-14H2,1-7H3. The molecule has 0 amide bonds. The van der Waals surface area contributed by atoms with Crippen LogP contribution in [0.15, 0.2) is 24.3 Å². The molecular weight excluding hydrogens is 344 g/mol. The Bertz CT molecular complexity index is 791. The molecule has 0 spiro atoms. The number of aryl methyl sites for hydroxylation is 1. The van der Waals surface area contributed by atoms with Gasteiger partial charge in [-0.05, 0) is 47.6 Å². The molecule has 5 heteroatoms. The number of ether oxygens (including phenoxy) is 2. The van der Waals surface area contributed by atoms with Gasteiger partial charge in [-0.2, -0.15) is 0 Å². The molecule has 142 valence electrons. The van der Waals surface area contributed by atoms with Crippen LogP contribution in [0.2, 0.25) is 18.1 Å². The Morgan fingerprint density at radius 3 is 2.46 bits per heavy atom. The number of carbonyl (C=O) groups is 1. The number of carbonyl (C=O) groups excluding carboxylic acids is 1. The van der Waals surface area contributed by atoms with E-state index in [4.69, 9.17) is 13.9 Å². The van der Waals surface area contributed by atoms with Crippen LogP contribution in [0, 0.1) is 6.92 Å². The van der Waals surface area contributed by atoms with Gasteiger partial charge >= 0.3 is 0 Å². The van der Waals surface area contributed by atoms with E-state index < -0.39 is 8.32 Å². The molecule has 4 nitrogen and oxygen atoms in total. The zero-order chi connectivity index (χ0) is 19.5. The van der Waals surface area contributed by atoms with Crippen molar-refractivity contribution in [1.82, 2.24) is 0 Å². The van der Waals surface area contributed by atoms with Crippen LogP contribution < -0.4 is 4.74 Å². The third kappa shape index (κ3) is 4.17. The van der Waals surface area contributed by atoms with Crippen molar-refractivity contribution in [1.29, 1.82) is 0 Å². The molecule has 0 saturated carbocycles. The fraction of sp³-hybridized carbons (Fsp3) is 0.476. The van der Waals surface area contributed by atoms with E-state index >= 15 is 0 Å². The van der Waals surface area contributed by atoms with Crippen molar-refractivity contribution in [3.8, 4) is 5.75 Å². The number of aldehydes is 1. The Hall–Kier alpha value is -1.69. The summed E-state index contributed by atoms with van der Waals surface area (Å²) < 4.78 is 17.2. The van der Waals surface area contributed by atoms with Gasteiger partial charge in [0.1, 0.15) is 5.75 Å². The molecule has 0 heterocycles. The Kier molecular flexibility index (Phi) is 6.27. The van der Waals surface area contributed by atoms with E-state index in [2.05, 4.69) is 39.9 Å². The zero-order valence-electron chi connectivity index (χ0n) is 16.9. The predicted molar refractivity (Wildman–Crippen MR) is 109 cm³/mol. The minimum Gasteiger partial charge on any atom is -0.466 e. The van der Waals surface area contributed by atoms with Crippen LogP contribution in [0.4, 0.5) is 0 Å². The van der Waals surface area contributed by atoms with Crippen molar-refractivity contribution in [2.24, 2.45) is 0 Å². The topological polar surface area (TPSA) is 44.8 Å². The van der Waals surface area contributed by atoms with Gasteiger partial charge in [-0.1, -0.05) is 39.0 Å². The maximum absolute atomic E-state index is 11.7. The van der Waals surface area contributed by atoms with Crippen molar-refractivity contribution in [2.45, 2.75) is 52.4 Å². The summed E-state index contributed by atoms with van der Waals surface area (Å²) in [6.07, 6.45) is 0.840. The van der Waals surface area contributed by atoms with Crippen molar-refractivity contribution in [3.05, 3.63) is 41.0 Å². The quantitative estimate of drug-likeness (QED) is 0.366. The molecule has 0 aromatic heterocycles. The van der Waals surface area contributed by atoms with Gasteiger partial charge in [0.25, 0.3) is 0 Å². The highest BCUT2D eigenvalue weighted by Gasteiger charge is 2.37. The van der Waals surface area contributed by atoms with E-state index in [0.717, 1.165) is 28.2 Å². The first-order chi connectivity index (χ1) is 12.1. The van der Waals surface area contributed by atoms with Crippen molar-refractivity contribution < 1.29 is 18.7 Å². The molecule has 0 atom stereocenters. The highest BCUT2D eigenvalue weighted by molar-refractivity contribution is 6.74. The van der Waals surface area contributed by atoms with Crippen LogP contribution in [-0.4, -0.2) is 28.5 Å². The van der Waals surface area contributed by atoms with Crippen molar-refractivity contribution in [2.75, 3.05) is 13.9 Å². The van der Waals surface area contributed by atoms with Crippen LogP contribution in [0.3, 0.4) is 0 Å². The molecular formula is C21H30O4Si. The first-order valence-corrected chi connectivity index (χ1v) is 11.8. The molecule has 0 bridgehead atoms. The Labute approximate surface area is 157 Å². The summed E-state index contributed by atoms with van der Waals surface area (Å²) in [6, 6.07) is 7.98. The fourth-order valence-corrected chi connectivity index (χ4v) is 3.62. The van der Waals surface area contributed by atoms with Gasteiger partial charge in [0.15, 0.2) is 21.4 Å². The van der Waals surface area contributed by atoms with Gasteiger partial charge in [-0.3, -0.25) is 4.79 Å². The average Bonchev–Trinajstić information content (AvgIpc) is 2.57. The summed E-state index contributed by atoms with van der Waals surface area (Å²) in [5, 5.41) is 2.14. The first kappa shape index (κ1) is 20.6. The van der Waals surface area contributed by atoms with Gasteiger partial charge in [-0.25, -0.2) is 0 Å². The molecule has 0 radical (unpaired) electrons. The lowest BCUT2D eigenvalue weighted by molar-refractivity contribution is 0.0516. The number of hydrogen-bond acceptors (Lipinski definition) is 4. The largest absolute Gasteiger partial charge is 0.466 e. The number of rotatable bonds is 7. The maximum atomic E-state index is 11.7. The van der Waals surface area contributed by atoms with Crippen molar-refractivity contribution >= 4 is 25.4 Å². The van der Waals surface area contributed by atoms with Crippen LogP contribution in [0.5, 0.6) is 5.75 Å².